The summed E-state index contributed by atoms with van der Waals surface area (Å²) in [5, 5.41) is 12.9. The number of ether oxygens (including phenoxy) is 1. The van der Waals surface area contributed by atoms with Gasteiger partial charge in [-0.15, -0.1) is 0 Å². The van der Waals surface area contributed by atoms with Crippen LogP contribution in [0.15, 0.2) is 35.5 Å². The molecule has 0 bridgehead atoms. The van der Waals surface area contributed by atoms with E-state index in [1.807, 2.05) is 0 Å². The lowest BCUT2D eigenvalue weighted by molar-refractivity contribution is 0.0903. The van der Waals surface area contributed by atoms with Gasteiger partial charge in [0.2, 0.25) is 5.95 Å². The monoisotopic (exact) mass is 404 g/mol. The Labute approximate surface area is 164 Å². The van der Waals surface area contributed by atoms with Crippen molar-refractivity contribution in [1.29, 1.82) is 0 Å². The van der Waals surface area contributed by atoms with Crippen LogP contribution in [0.5, 0.6) is 0 Å². The van der Waals surface area contributed by atoms with Crippen molar-refractivity contribution in [2.45, 2.75) is 18.9 Å². The summed E-state index contributed by atoms with van der Waals surface area (Å²) in [5.41, 5.74) is 4.10. The molecule has 0 aliphatic carbocycles. The molecule has 3 aromatic rings. The molecular weight excluding hydrogens is 387 g/mol. The first kappa shape index (κ1) is 18.6. The van der Waals surface area contributed by atoms with Crippen molar-refractivity contribution in [3.8, 4) is 0 Å². The molecule has 28 heavy (non-hydrogen) atoms. The number of amidine groups is 1. The number of pyridine rings is 1. The van der Waals surface area contributed by atoms with E-state index < -0.39 is 5.82 Å². The van der Waals surface area contributed by atoms with Crippen LogP contribution in [0.3, 0.4) is 0 Å². The van der Waals surface area contributed by atoms with Gasteiger partial charge in [0.1, 0.15) is 5.82 Å². The molecule has 4 rings (SSSR count). The molecular formula is C18H18ClFN6O2. The summed E-state index contributed by atoms with van der Waals surface area (Å²) in [5.74, 6) is 0.197. The predicted octanol–water partition coefficient (Wildman–Crippen LogP) is 3.40. The molecule has 10 heteroatoms. The molecule has 2 aromatic heterocycles. The standard InChI is InChI=1S/C18H18ClFN6O2/c19-13-9-11(1-2-14(13)20)22-16(26-27)12-3-6-21-17-15(12)24-18(25-17)23-10-4-7-28-8-5-10/h1-3,6,9-10,27H,4-5,7-8H2,(H,22,26)(H2,21,23,24,25). The second-order valence-corrected chi connectivity index (χ2v) is 6.75. The van der Waals surface area contributed by atoms with Crippen LogP contribution < -0.4 is 10.8 Å². The lowest BCUT2D eigenvalue weighted by Gasteiger charge is -2.22. The van der Waals surface area contributed by atoms with Crippen molar-refractivity contribution in [3.05, 3.63) is 46.9 Å². The van der Waals surface area contributed by atoms with Crippen molar-refractivity contribution in [2.75, 3.05) is 18.5 Å². The van der Waals surface area contributed by atoms with E-state index in [-0.39, 0.29) is 16.9 Å². The molecule has 0 amide bonds. The Bertz CT molecular complexity index is 1020. The maximum absolute atomic E-state index is 13.4. The summed E-state index contributed by atoms with van der Waals surface area (Å²) in [6.07, 6.45) is 3.36. The van der Waals surface area contributed by atoms with Crippen LogP contribution in [0, 0.1) is 5.82 Å². The normalized spacial score (nSPS) is 15.8. The van der Waals surface area contributed by atoms with E-state index in [2.05, 4.69) is 30.7 Å². The van der Waals surface area contributed by atoms with Gasteiger partial charge >= 0.3 is 0 Å². The molecule has 1 aromatic carbocycles. The lowest BCUT2D eigenvalue weighted by atomic mass is 10.1. The summed E-state index contributed by atoms with van der Waals surface area (Å²) in [6.45, 7) is 1.43. The van der Waals surface area contributed by atoms with Crippen LogP contribution in [0.2, 0.25) is 5.02 Å². The number of aromatic amines is 1. The molecule has 1 aliphatic rings. The number of hydroxylamine groups is 1. The minimum absolute atomic E-state index is 0.0529. The molecule has 4 N–H and O–H groups in total. The van der Waals surface area contributed by atoms with E-state index in [9.17, 15) is 9.60 Å². The Balaban J connectivity index is 1.67. The number of fused-ring (bicyclic) bond motifs is 1. The Morgan fingerprint density at radius 3 is 2.89 bits per heavy atom. The smallest absolute Gasteiger partial charge is 0.202 e. The minimum Gasteiger partial charge on any atom is -0.381 e. The largest absolute Gasteiger partial charge is 0.381 e. The maximum atomic E-state index is 13.4. The molecule has 146 valence electrons. The second-order valence-electron chi connectivity index (χ2n) is 6.34. The van der Waals surface area contributed by atoms with Crippen molar-refractivity contribution in [3.63, 3.8) is 0 Å². The van der Waals surface area contributed by atoms with Crippen LogP contribution in [-0.4, -0.2) is 45.3 Å². The summed E-state index contributed by atoms with van der Waals surface area (Å²) in [6, 6.07) is 6.00. The number of H-pyrrole nitrogens is 1. The fourth-order valence-corrected chi connectivity index (χ4v) is 3.22. The Kier molecular flexibility index (Phi) is 5.38. The van der Waals surface area contributed by atoms with E-state index in [0.29, 0.717) is 41.6 Å². The van der Waals surface area contributed by atoms with E-state index in [1.165, 1.54) is 18.2 Å². The van der Waals surface area contributed by atoms with Crippen molar-refractivity contribution < 1.29 is 14.3 Å². The third-order valence-corrected chi connectivity index (χ3v) is 4.75. The van der Waals surface area contributed by atoms with E-state index in [0.717, 1.165) is 12.8 Å². The highest BCUT2D eigenvalue weighted by Crippen LogP contribution is 2.24. The first-order valence-corrected chi connectivity index (χ1v) is 9.15. The zero-order valence-electron chi connectivity index (χ0n) is 14.7. The fourth-order valence-electron chi connectivity index (χ4n) is 3.04. The highest BCUT2D eigenvalue weighted by Gasteiger charge is 2.17. The number of imidazole rings is 1. The summed E-state index contributed by atoms with van der Waals surface area (Å²) < 4.78 is 18.7. The highest BCUT2D eigenvalue weighted by molar-refractivity contribution is 6.31. The molecule has 0 unspecified atom stereocenters. The van der Waals surface area contributed by atoms with E-state index in [1.54, 1.807) is 12.3 Å². The predicted molar refractivity (Wildman–Crippen MR) is 104 cm³/mol. The van der Waals surface area contributed by atoms with Gasteiger partial charge in [-0.05, 0) is 37.1 Å². The van der Waals surface area contributed by atoms with Crippen LogP contribution >= 0.6 is 11.6 Å². The number of nitrogens with one attached hydrogen (secondary N) is 3. The zero-order valence-corrected chi connectivity index (χ0v) is 15.5. The van der Waals surface area contributed by atoms with Gasteiger partial charge in [-0.25, -0.2) is 14.4 Å². The fraction of sp³-hybridized carbons (Fsp3) is 0.278. The number of benzene rings is 1. The molecule has 3 heterocycles. The van der Waals surface area contributed by atoms with Crippen molar-refractivity contribution >= 4 is 40.2 Å². The highest BCUT2D eigenvalue weighted by atomic mass is 35.5. The van der Waals surface area contributed by atoms with Gasteiger partial charge in [-0.1, -0.05) is 11.6 Å². The van der Waals surface area contributed by atoms with E-state index >= 15 is 0 Å². The molecule has 1 aliphatic heterocycles. The van der Waals surface area contributed by atoms with Gasteiger partial charge in [0.15, 0.2) is 11.5 Å². The van der Waals surface area contributed by atoms with Crippen molar-refractivity contribution in [2.24, 2.45) is 4.99 Å². The quantitative estimate of drug-likeness (QED) is 0.301. The lowest BCUT2D eigenvalue weighted by Crippen LogP contribution is -2.28. The van der Waals surface area contributed by atoms with Gasteiger partial charge in [0.05, 0.1) is 16.2 Å². The van der Waals surface area contributed by atoms with Gasteiger partial charge < -0.3 is 15.0 Å². The Morgan fingerprint density at radius 2 is 2.14 bits per heavy atom. The van der Waals surface area contributed by atoms with Gasteiger partial charge in [0, 0.05) is 31.0 Å². The summed E-state index contributed by atoms with van der Waals surface area (Å²) in [4.78, 5) is 16.2. The third kappa shape index (κ3) is 3.91. The van der Waals surface area contributed by atoms with Gasteiger partial charge in [-0.3, -0.25) is 10.7 Å². The number of aromatic nitrogens is 3. The number of aliphatic imine (C=N–C) groups is 1. The first-order chi connectivity index (χ1) is 13.6. The number of halogens is 2. The molecule has 0 spiro atoms. The Hall–Kier alpha value is -2.75. The maximum Gasteiger partial charge on any atom is 0.202 e. The zero-order chi connectivity index (χ0) is 19.5. The summed E-state index contributed by atoms with van der Waals surface area (Å²) in [7, 11) is 0. The summed E-state index contributed by atoms with van der Waals surface area (Å²) >= 11 is 5.81. The number of hydrogen-bond acceptors (Lipinski definition) is 6. The Morgan fingerprint density at radius 1 is 1.32 bits per heavy atom. The van der Waals surface area contributed by atoms with Crippen LogP contribution in [0.25, 0.3) is 11.2 Å². The molecule has 0 radical (unpaired) electrons. The first-order valence-electron chi connectivity index (χ1n) is 8.77. The van der Waals surface area contributed by atoms with Crippen LogP contribution in [-0.2, 0) is 4.74 Å². The molecule has 1 saturated heterocycles. The molecule has 0 saturated carbocycles. The average Bonchev–Trinajstić information content (AvgIpc) is 3.12. The van der Waals surface area contributed by atoms with Crippen LogP contribution in [0.4, 0.5) is 16.0 Å². The number of anilines is 1. The van der Waals surface area contributed by atoms with Gasteiger partial charge in [0.25, 0.3) is 0 Å². The van der Waals surface area contributed by atoms with Gasteiger partial charge in [-0.2, -0.15) is 4.98 Å². The molecule has 1 fully saturated rings. The molecule has 0 atom stereocenters. The third-order valence-electron chi connectivity index (χ3n) is 4.46. The van der Waals surface area contributed by atoms with Crippen molar-refractivity contribution in [1.82, 2.24) is 20.4 Å². The average molecular weight is 405 g/mol. The number of hydrogen-bond donors (Lipinski definition) is 4. The SMILES string of the molecule is ONC(=Nc1ccc(F)c(Cl)c1)c1ccnc2nc(NC3CCOCC3)[nH]c12. The number of rotatable bonds is 4. The topological polar surface area (TPSA) is 107 Å². The van der Waals surface area contributed by atoms with Crippen LogP contribution in [0.1, 0.15) is 18.4 Å². The second kappa shape index (κ2) is 8.09. The molecule has 8 nitrogen and oxygen atoms in total. The number of nitrogens with zero attached hydrogens (tertiary/aromatic N) is 3. The van der Waals surface area contributed by atoms with E-state index in [4.69, 9.17) is 16.3 Å². The minimum atomic E-state index is -0.539.